The van der Waals surface area contributed by atoms with Gasteiger partial charge in [0.2, 0.25) is 5.91 Å². The molecular weight excluding hydrogens is 328 g/mol. The summed E-state index contributed by atoms with van der Waals surface area (Å²) in [6, 6.07) is 5.76. The summed E-state index contributed by atoms with van der Waals surface area (Å²) in [6.07, 6.45) is 4.18. The molecule has 3 rings (SSSR count). The van der Waals surface area contributed by atoms with Gasteiger partial charge in [-0.3, -0.25) is 14.6 Å². The molecule has 2 aliphatic heterocycles. The largest absolute Gasteiger partial charge is 0.381 e. The lowest BCUT2D eigenvalue weighted by Crippen LogP contribution is -2.63. The molecule has 2 fully saturated rings. The van der Waals surface area contributed by atoms with Crippen molar-refractivity contribution >= 4 is 11.7 Å². The minimum absolute atomic E-state index is 0.0112. The summed E-state index contributed by atoms with van der Waals surface area (Å²) in [6.45, 7) is 12.2. The van der Waals surface area contributed by atoms with Crippen LogP contribution in [0.25, 0.3) is 0 Å². The number of rotatable bonds is 5. The van der Waals surface area contributed by atoms with E-state index in [0.717, 1.165) is 58.1 Å². The van der Waals surface area contributed by atoms with Crippen LogP contribution in [0.3, 0.4) is 0 Å². The number of amides is 1. The van der Waals surface area contributed by atoms with Crippen LogP contribution in [0.2, 0.25) is 0 Å². The summed E-state index contributed by atoms with van der Waals surface area (Å²) in [7, 11) is 0. The highest BCUT2D eigenvalue weighted by molar-refractivity contribution is 5.92. The second kappa shape index (κ2) is 10.6. The van der Waals surface area contributed by atoms with E-state index in [-0.39, 0.29) is 11.4 Å². The van der Waals surface area contributed by atoms with E-state index in [4.69, 9.17) is 4.74 Å². The van der Waals surface area contributed by atoms with Crippen LogP contribution in [-0.4, -0.2) is 67.3 Å². The zero-order valence-corrected chi connectivity index (χ0v) is 16.5. The van der Waals surface area contributed by atoms with Gasteiger partial charge in [0.25, 0.3) is 0 Å². The molecule has 146 valence electrons. The Balaban J connectivity index is 0.00000117. The van der Waals surface area contributed by atoms with E-state index in [1.165, 1.54) is 0 Å². The van der Waals surface area contributed by atoms with E-state index < -0.39 is 0 Å². The Kier molecular flexibility index (Phi) is 8.48. The molecule has 3 heterocycles. The first kappa shape index (κ1) is 20.8. The average molecular weight is 363 g/mol. The zero-order chi connectivity index (χ0) is 18.8. The summed E-state index contributed by atoms with van der Waals surface area (Å²) in [5, 5.41) is 3.42. The number of carbonyl (C=O) groups excluding carboxylic acids is 1. The molecule has 0 spiro atoms. The molecule has 0 radical (unpaired) electrons. The normalized spacial score (nSPS) is 20.0. The van der Waals surface area contributed by atoms with Gasteiger partial charge in [-0.1, -0.05) is 26.8 Å². The van der Waals surface area contributed by atoms with Crippen molar-refractivity contribution in [2.45, 2.75) is 45.6 Å². The number of carbonyl (C=O) groups is 1. The number of pyridine rings is 1. The fraction of sp³-hybridized carbons (Fsp3) is 0.700. The SMILES string of the molecule is CC.CCC(=O)N(CC1(N2CCNCC2)CCOCC1)c1ccccn1. The molecule has 1 aromatic rings. The Morgan fingerprint density at radius 3 is 2.54 bits per heavy atom. The summed E-state index contributed by atoms with van der Waals surface area (Å²) < 4.78 is 5.63. The van der Waals surface area contributed by atoms with Crippen LogP contribution in [0.1, 0.15) is 40.0 Å². The summed E-state index contributed by atoms with van der Waals surface area (Å²) in [5.41, 5.74) is -0.0112. The van der Waals surface area contributed by atoms with Gasteiger partial charge in [-0.15, -0.1) is 0 Å². The number of nitrogens with zero attached hydrogens (tertiary/aromatic N) is 3. The van der Waals surface area contributed by atoms with Crippen LogP contribution in [-0.2, 0) is 9.53 Å². The van der Waals surface area contributed by atoms with Crippen LogP contribution in [0.4, 0.5) is 5.82 Å². The Labute approximate surface area is 157 Å². The molecule has 1 N–H and O–H groups in total. The fourth-order valence-corrected chi connectivity index (χ4v) is 3.76. The molecule has 26 heavy (non-hydrogen) atoms. The van der Waals surface area contributed by atoms with Crippen molar-refractivity contribution in [2.75, 3.05) is 50.8 Å². The molecule has 1 aromatic heterocycles. The number of nitrogens with one attached hydrogen (secondary N) is 1. The van der Waals surface area contributed by atoms with Gasteiger partial charge < -0.3 is 10.1 Å². The van der Waals surface area contributed by atoms with E-state index in [0.29, 0.717) is 13.0 Å². The topological polar surface area (TPSA) is 57.7 Å². The predicted molar refractivity (Wildman–Crippen MR) is 105 cm³/mol. The highest BCUT2D eigenvalue weighted by atomic mass is 16.5. The minimum Gasteiger partial charge on any atom is -0.381 e. The van der Waals surface area contributed by atoms with Gasteiger partial charge in [-0.05, 0) is 25.0 Å². The van der Waals surface area contributed by atoms with Crippen LogP contribution in [0.5, 0.6) is 0 Å². The van der Waals surface area contributed by atoms with E-state index >= 15 is 0 Å². The number of piperazine rings is 1. The molecule has 6 nitrogen and oxygen atoms in total. The lowest BCUT2D eigenvalue weighted by Gasteiger charge is -2.49. The molecular formula is C20H34N4O2. The second-order valence-electron chi connectivity index (χ2n) is 6.60. The third-order valence-electron chi connectivity index (χ3n) is 5.19. The Hall–Kier alpha value is -1.50. The fourth-order valence-electron chi connectivity index (χ4n) is 3.76. The van der Waals surface area contributed by atoms with Gasteiger partial charge in [-0.2, -0.15) is 0 Å². The van der Waals surface area contributed by atoms with Crippen LogP contribution in [0, 0.1) is 0 Å². The van der Waals surface area contributed by atoms with E-state index in [2.05, 4.69) is 15.2 Å². The van der Waals surface area contributed by atoms with Crippen molar-refractivity contribution in [3.8, 4) is 0 Å². The van der Waals surface area contributed by atoms with E-state index in [1.54, 1.807) is 6.20 Å². The maximum absolute atomic E-state index is 12.6. The van der Waals surface area contributed by atoms with Gasteiger partial charge in [0.1, 0.15) is 5.82 Å². The van der Waals surface area contributed by atoms with Crippen molar-refractivity contribution in [3.63, 3.8) is 0 Å². The Bertz CT molecular complexity index is 526. The number of hydrogen-bond donors (Lipinski definition) is 1. The third-order valence-corrected chi connectivity index (χ3v) is 5.19. The van der Waals surface area contributed by atoms with Crippen LogP contribution >= 0.6 is 0 Å². The first-order valence-electron chi connectivity index (χ1n) is 10.00. The molecule has 0 atom stereocenters. The molecule has 0 unspecified atom stereocenters. The molecule has 1 amide bonds. The lowest BCUT2D eigenvalue weighted by atomic mass is 9.86. The second-order valence-corrected chi connectivity index (χ2v) is 6.60. The minimum atomic E-state index is -0.0112. The number of aromatic nitrogens is 1. The molecule has 2 saturated heterocycles. The number of anilines is 1. The molecule has 0 aliphatic carbocycles. The van der Waals surface area contributed by atoms with E-state index in [1.807, 2.05) is 43.9 Å². The molecule has 0 aromatic carbocycles. The van der Waals surface area contributed by atoms with Gasteiger partial charge >= 0.3 is 0 Å². The van der Waals surface area contributed by atoms with Crippen LogP contribution in [0.15, 0.2) is 24.4 Å². The van der Waals surface area contributed by atoms with Crippen LogP contribution < -0.4 is 10.2 Å². The standard InChI is InChI=1S/C18H28N4O2.C2H6/c1-2-17(23)22(16-5-3-4-8-20-16)15-18(6-13-24-14-7-18)21-11-9-19-10-12-21;1-2/h3-5,8,19H,2,6-7,9-15H2,1H3;1-2H3. The maximum Gasteiger partial charge on any atom is 0.227 e. The average Bonchev–Trinajstić information content (AvgIpc) is 2.75. The highest BCUT2D eigenvalue weighted by Gasteiger charge is 2.41. The lowest BCUT2D eigenvalue weighted by molar-refractivity contribution is -0.119. The first-order valence-corrected chi connectivity index (χ1v) is 10.00. The van der Waals surface area contributed by atoms with Crippen molar-refractivity contribution in [3.05, 3.63) is 24.4 Å². The van der Waals surface area contributed by atoms with Gasteiger partial charge in [0.05, 0.1) is 0 Å². The smallest absolute Gasteiger partial charge is 0.227 e. The monoisotopic (exact) mass is 362 g/mol. The van der Waals surface area contributed by atoms with Crippen molar-refractivity contribution < 1.29 is 9.53 Å². The van der Waals surface area contributed by atoms with Gasteiger partial charge in [0.15, 0.2) is 0 Å². The van der Waals surface area contributed by atoms with Gasteiger partial charge in [-0.25, -0.2) is 4.98 Å². The predicted octanol–water partition coefficient (Wildman–Crippen LogP) is 2.31. The summed E-state index contributed by atoms with van der Waals surface area (Å²) in [4.78, 5) is 21.5. The quantitative estimate of drug-likeness (QED) is 0.871. The molecule has 0 saturated carbocycles. The summed E-state index contributed by atoms with van der Waals surface area (Å²) in [5.74, 6) is 0.889. The third kappa shape index (κ3) is 5.02. The van der Waals surface area contributed by atoms with Gasteiger partial charge in [0, 0.05) is 64.1 Å². The first-order chi connectivity index (χ1) is 12.7. The zero-order valence-electron chi connectivity index (χ0n) is 16.5. The van der Waals surface area contributed by atoms with Crippen molar-refractivity contribution in [2.24, 2.45) is 0 Å². The molecule has 0 bridgehead atoms. The van der Waals surface area contributed by atoms with E-state index in [9.17, 15) is 4.79 Å². The Morgan fingerprint density at radius 1 is 1.27 bits per heavy atom. The number of ether oxygens (including phenoxy) is 1. The summed E-state index contributed by atoms with van der Waals surface area (Å²) >= 11 is 0. The van der Waals surface area contributed by atoms with Crippen molar-refractivity contribution in [1.29, 1.82) is 0 Å². The highest BCUT2D eigenvalue weighted by Crippen LogP contribution is 2.31. The van der Waals surface area contributed by atoms with Crippen molar-refractivity contribution in [1.82, 2.24) is 15.2 Å². The Morgan fingerprint density at radius 2 is 1.96 bits per heavy atom. The molecule has 2 aliphatic rings. The maximum atomic E-state index is 12.6. The molecule has 6 heteroatoms. The number of hydrogen-bond acceptors (Lipinski definition) is 5.